The Labute approximate surface area is 203 Å². The number of unbranched alkanes of at least 4 members (excludes halogenated alkanes) is 9. The number of aromatic nitrogens is 1. The normalized spacial score (nSPS) is 12.7. The van der Waals surface area contributed by atoms with Crippen molar-refractivity contribution in [3.05, 3.63) is 77.4 Å². The standard InChI is InChI=1S/C30H36N2O2/c1-2-3-4-5-6-7-8-9-10-17-22-32-28(24-20-15-12-16-21-24)26-25(30(32)34)27(31-29(26)33)23-18-13-11-14-19-23/h11-16,18-21,34H,2-10,17,22H2,1H3. The smallest absolute Gasteiger partial charge is 0.280 e. The molecule has 1 aromatic heterocycles. The first kappa shape index (κ1) is 24.0. The Hall–Kier alpha value is -3.14. The number of amides is 1. The Morgan fingerprint density at radius 2 is 1.24 bits per heavy atom. The molecule has 0 saturated heterocycles. The van der Waals surface area contributed by atoms with Crippen molar-refractivity contribution in [2.45, 2.75) is 77.7 Å². The molecule has 0 saturated carbocycles. The van der Waals surface area contributed by atoms with Gasteiger partial charge in [-0.25, -0.2) is 4.99 Å². The van der Waals surface area contributed by atoms with Crippen molar-refractivity contribution in [2.75, 3.05) is 0 Å². The van der Waals surface area contributed by atoms with E-state index >= 15 is 0 Å². The number of rotatable bonds is 13. The van der Waals surface area contributed by atoms with Crippen molar-refractivity contribution in [1.82, 2.24) is 4.57 Å². The number of carbonyl (C=O) groups is 1. The molecule has 0 bridgehead atoms. The summed E-state index contributed by atoms with van der Waals surface area (Å²) in [5, 5.41) is 11.3. The van der Waals surface area contributed by atoms with Crippen molar-refractivity contribution in [3.8, 4) is 17.1 Å². The Morgan fingerprint density at radius 3 is 1.82 bits per heavy atom. The van der Waals surface area contributed by atoms with Gasteiger partial charge in [0.15, 0.2) is 0 Å². The maximum absolute atomic E-state index is 13.0. The minimum atomic E-state index is -0.273. The first-order chi connectivity index (χ1) is 16.7. The number of carbonyl (C=O) groups excluding carboxylic acids is 1. The van der Waals surface area contributed by atoms with E-state index in [0.717, 1.165) is 29.7 Å². The van der Waals surface area contributed by atoms with Gasteiger partial charge in [-0.3, -0.25) is 4.79 Å². The van der Waals surface area contributed by atoms with Crippen molar-refractivity contribution < 1.29 is 9.90 Å². The molecule has 0 radical (unpaired) electrons. The third-order valence-corrected chi connectivity index (χ3v) is 6.73. The first-order valence-corrected chi connectivity index (χ1v) is 12.9. The van der Waals surface area contributed by atoms with Crippen LogP contribution >= 0.6 is 0 Å². The van der Waals surface area contributed by atoms with Crippen LogP contribution in [-0.2, 0) is 6.54 Å². The molecule has 1 amide bonds. The molecule has 2 heterocycles. The van der Waals surface area contributed by atoms with Crippen molar-refractivity contribution in [1.29, 1.82) is 0 Å². The maximum atomic E-state index is 13.0. The third-order valence-electron chi connectivity index (χ3n) is 6.73. The lowest BCUT2D eigenvalue weighted by Gasteiger charge is -2.12. The zero-order chi connectivity index (χ0) is 23.8. The van der Waals surface area contributed by atoms with Gasteiger partial charge in [-0.05, 0) is 12.0 Å². The average Bonchev–Trinajstić information content (AvgIpc) is 3.36. The zero-order valence-corrected chi connectivity index (χ0v) is 20.3. The first-order valence-electron chi connectivity index (χ1n) is 12.9. The molecule has 1 N–H and O–H groups in total. The van der Waals surface area contributed by atoms with Crippen molar-refractivity contribution >= 4 is 11.6 Å². The van der Waals surface area contributed by atoms with Crippen LogP contribution in [0.2, 0.25) is 0 Å². The molecule has 0 unspecified atom stereocenters. The molecule has 4 heteroatoms. The lowest BCUT2D eigenvalue weighted by Crippen LogP contribution is -2.04. The van der Waals surface area contributed by atoms with E-state index in [1.165, 1.54) is 51.4 Å². The van der Waals surface area contributed by atoms with Crippen LogP contribution in [0.25, 0.3) is 11.3 Å². The van der Waals surface area contributed by atoms with Crippen LogP contribution in [0.3, 0.4) is 0 Å². The van der Waals surface area contributed by atoms with Gasteiger partial charge < -0.3 is 9.67 Å². The van der Waals surface area contributed by atoms with E-state index in [-0.39, 0.29) is 11.8 Å². The number of hydrogen-bond acceptors (Lipinski definition) is 2. The molecule has 4 rings (SSSR count). The van der Waals surface area contributed by atoms with Gasteiger partial charge in [0.1, 0.15) is 0 Å². The van der Waals surface area contributed by atoms with Gasteiger partial charge >= 0.3 is 0 Å². The molecule has 34 heavy (non-hydrogen) atoms. The van der Waals surface area contributed by atoms with Gasteiger partial charge in [-0.15, -0.1) is 0 Å². The fourth-order valence-corrected chi connectivity index (χ4v) is 4.93. The van der Waals surface area contributed by atoms with E-state index in [1.54, 1.807) is 0 Å². The maximum Gasteiger partial charge on any atom is 0.280 e. The summed E-state index contributed by atoms with van der Waals surface area (Å²) in [5.41, 5.74) is 4.22. The van der Waals surface area contributed by atoms with Crippen molar-refractivity contribution in [3.63, 3.8) is 0 Å². The summed E-state index contributed by atoms with van der Waals surface area (Å²) in [6.45, 7) is 2.94. The molecule has 4 nitrogen and oxygen atoms in total. The highest BCUT2D eigenvalue weighted by molar-refractivity contribution is 6.30. The number of benzene rings is 2. The molecule has 0 spiro atoms. The monoisotopic (exact) mass is 456 g/mol. The van der Waals surface area contributed by atoms with Gasteiger partial charge in [-0.1, -0.05) is 125 Å². The van der Waals surface area contributed by atoms with E-state index in [2.05, 4.69) is 11.9 Å². The summed E-state index contributed by atoms with van der Waals surface area (Å²) in [6, 6.07) is 19.6. The van der Waals surface area contributed by atoms with Crippen LogP contribution in [-0.4, -0.2) is 21.3 Å². The van der Waals surface area contributed by atoms with Gasteiger partial charge in [0.05, 0.1) is 22.5 Å². The molecular weight excluding hydrogens is 420 g/mol. The summed E-state index contributed by atoms with van der Waals surface area (Å²) in [7, 11) is 0. The Balaban J connectivity index is 1.49. The fraction of sp³-hybridized carbons (Fsp3) is 0.400. The lowest BCUT2D eigenvalue weighted by molar-refractivity contribution is 0.101. The molecule has 1 aliphatic heterocycles. The Morgan fingerprint density at radius 1 is 0.706 bits per heavy atom. The van der Waals surface area contributed by atoms with Gasteiger partial charge in [0.2, 0.25) is 5.88 Å². The predicted molar refractivity (Wildman–Crippen MR) is 140 cm³/mol. The summed E-state index contributed by atoms with van der Waals surface area (Å²) < 4.78 is 1.93. The van der Waals surface area contributed by atoms with Gasteiger partial charge in [0, 0.05) is 12.1 Å². The quantitative estimate of drug-likeness (QED) is 0.267. The third kappa shape index (κ3) is 5.32. The molecule has 178 valence electrons. The SMILES string of the molecule is CCCCCCCCCCCCn1c(O)c2c(c1-c1ccccc1)C(=O)N=C2c1ccccc1. The molecule has 0 fully saturated rings. The van der Waals surface area contributed by atoms with Crippen LogP contribution in [0, 0.1) is 0 Å². The summed E-state index contributed by atoms with van der Waals surface area (Å²) >= 11 is 0. The highest BCUT2D eigenvalue weighted by Crippen LogP contribution is 2.41. The molecular formula is C30H36N2O2. The van der Waals surface area contributed by atoms with E-state index in [0.29, 0.717) is 23.4 Å². The minimum absolute atomic E-state index is 0.151. The number of aromatic hydroxyl groups is 1. The second kappa shape index (κ2) is 11.8. The van der Waals surface area contributed by atoms with Crippen molar-refractivity contribution in [2.24, 2.45) is 4.99 Å². The highest BCUT2D eigenvalue weighted by Gasteiger charge is 2.35. The lowest BCUT2D eigenvalue weighted by atomic mass is 10.0. The average molecular weight is 457 g/mol. The Bertz CT molecular complexity index is 1110. The van der Waals surface area contributed by atoms with E-state index in [9.17, 15) is 9.90 Å². The van der Waals surface area contributed by atoms with E-state index in [1.807, 2.05) is 65.2 Å². The topological polar surface area (TPSA) is 54.6 Å². The highest BCUT2D eigenvalue weighted by atomic mass is 16.3. The number of hydrogen-bond donors (Lipinski definition) is 1. The van der Waals surface area contributed by atoms with Crippen LogP contribution in [0.4, 0.5) is 0 Å². The second-order valence-electron chi connectivity index (χ2n) is 9.25. The predicted octanol–water partition coefficient (Wildman–Crippen LogP) is 7.77. The number of nitrogens with zero attached hydrogens (tertiary/aromatic N) is 2. The summed E-state index contributed by atoms with van der Waals surface area (Å²) in [5.74, 6) is -0.122. The molecule has 3 aromatic rings. The van der Waals surface area contributed by atoms with E-state index in [4.69, 9.17) is 0 Å². The second-order valence-corrected chi connectivity index (χ2v) is 9.25. The molecule has 0 atom stereocenters. The zero-order valence-electron chi connectivity index (χ0n) is 20.3. The largest absolute Gasteiger partial charge is 0.494 e. The molecule has 2 aromatic carbocycles. The van der Waals surface area contributed by atoms with Crippen LogP contribution < -0.4 is 0 Å². The van der Waals surface area contributed by atoms with Gasteiger partial charge in [-0.2, -0.15) is 0 Å². The molecule has 0 aliphatic carbocycles. The summed E-state index contributed by atoms with van der Waals surface area (Å²) in [6.07, 6.45) is 12.6. The van der Waals surface area contributed by atoms with Crippen LogP contribution in [0.1, 0.15) is 92.6 Å². The number of aliphatic imine (C=N–C) groups is 1. The molecule has 1 aliphatic rings. The minimum Gasteiger partial charge on any atom is -0.494 e. The van der Waals surface area contributed by atoms with E-state index < -0.39 is 0 Å². The fourth-order valence-electron chi connectivity index (χ4n) is 4.93. The Kier molecular flexibility index (Phi) is 8.35. The van der Waals surface area contributed by atoms with Crippen LogP contribution in [0.15, 0.2) is 65.7 Å². The van der Waals surface area contributed by atoms with Crippen LogP contribution in [0.5, 0.6) is 5.88 Å². The van der Waals surface area contributed by atoms with Gasteiger partial charge in [0.25, 0.3) is 5.91 Å². The summed E-state index contributed by atoms with van der Waals surface area (Å²) in [4.78, 5) is 17.4. The number of fused-ring (bicyclic) bond motifs is 1.